The smallest absolute Gasteiger partial charge is 0.303 e. The lowest BCUT2D eigenvalue weighted by atomic mass is 9.98. The standard InChI is InChI=1S/C40H46N6O6/c1-7-24-23(6)39-38(34(47)14-16-42-35(48)13-15-41)40-25(8-2)20(3)30(45-40)17-28-21(4)26(9-11-36(49)50)32(43-28)19-33-27(10-12-37(51)52)22(5)29(44-33)18-31(24)46-39/h7-8,17-19,43-46H,1-2,9-16,41H2,3-6H3,(H,42,48)(H,49,50)(H,51,52). The van der Waals surface area contributed by atoms with Gasteiger partial charge in [-0.05, 0) is 92.1 Å². The summed E-state index contributed by atoms with van der Waals surface area (Å²) >= 11 is 0. The molecule has 0 saturated carbocycles. The molecule has 1 aliphatic rings. The fraction of sp³-hybridized carbons (Fsp3) is 0.300. The third-order valence-corrected chi connectivity index (χ3v) is 9.84. The topological polar surface area (TPSA) is 210 Å². The van der Waals surface area contributed by atoms with Crippen LogP contribution in [-0.4, -0.2) is 66.9 Å². The highest BCUT2D eigenvalue weighted by Crippen LogP contribution is 2.27. The summed E-state index contributed by atoms with van der Waals surface area (Å²) in [4.78, 5) is 63.9. The summed E-state index contributed by atoms with van der Waals surface area (Å²) in [6.07, 6.45) is 9.80. The van der Waals surface area contributed by atoms with Crippen LogP contribution in [0.3, 0.4) is 0 Å². The van der Waals surface area contributed by atoms with Gasteiger partial charge in [-0.2, -0.15) is 0 Å². The summed E-state index contributed by atoms with van der Waals surface area (Å²) < 4.78 is 0. The fourth-order valence-electron chi connectivity index (χ4n) is 6.98. The molecule has 12 nitrogen and oxygen atoms in total. The molecule has 0 unspecified atom stereocenters. The van der Waals surface area contributed by atoms with Gasteiger partial charge in [-0.3, -0.25) is 19.2 Å². The summed E-state index contributed by atoms with van der Waals surface area (Å²) in [5.41, 5.74) is 15.2. The Bertz CT molecular complexity index is 2380. The maximum absolute atomic E-state index is 14.3. The second kappa shape index (κ2) is 15.6. The van der Waals surface area contributed by atoms with Crippen molar-refractivity contribution in [2.45, 2.75) is 66.2 Å². The molecule has 0 saturated heterocycles. The Morgan fingerprint density at radius 1 is 0.692 bits per heavy atom. The molecule has 5 heterocycles. The number of ketones is 1. The van der Waals surface area contributed by atoms with Crippen LogP contribution in [-0.2, 0) is 32.0 Å². The first-order valence-electron chi connectivity index (χ1n) is 17.3. The number of aromatic nitrogens is 4. The minimum absolute atomic E-state index is 0.0220. The summed E-state index contributed by atoms with van der Waals surface area (Å²) in [7, 11) is 0. The number of rotatable bonds is 14. The average molecular weight is 707 g/mol. The molecule has 0 spiro atoms. The van der Waals surface area contributed by atoms with Gasteiger partial charge in [0.05, 0.1) is 16.6 Å². The highest BCUT2D eigenvalue weighted by Gasteiger charge is 2.24. The van der Waals surface area contributed by atoms with E-state index in [0.29, 0.717) is 33.4 Å². The van der Waals surface area contributed by atoms with Crippen LogP contribution in [0.25, 0.3) is 36.0 Å². The van der Waals surface area contributed by atoms with Gasteiger partial charge in [0, 0.05) is 83.0 Å². The van der Waals surface area contributed by atoms with Crippen LogP contribution < -0.4 is 32.4 Å². The third kappa shape index (κ3) is 7.42. The number of hydrogen-bond donors (Lipinski definition) is 8. The van der Waals surface area contributed by atoms with E-state index >= 15 is 0 Å². The number of carbonyl (C=O) groups excluding carboxylic acids is 2. The van der Waals surface area contributed by atoms with Gasteiger partial charge < -0.3 is 41.2 Å². The molecule has 1 amide bonds. The van der Waals surface area contributed by atoms with E-state index in [9.17, 15) is 29.4 Å². The number of fused-ring (bicyclic) bond motifs is 8. The SMILES string of the molecule is C=Cc1c2[nH]c(c1C)C(C(=O)CCNC(=O)CCN)=c1[nH]c(c(C)c1C=C)=Cc1[nH]c(c(CCC(=O)O)c1C)C=c1[nH]c(c(C)c1CCC(=O)O)=C2. The van der Waals surface area contributed by atoms with Crippen molar-refractivity contribution >= 4 is 59.6 Å². The first kappa shape index (κ1) is 37.4. The number of carboxylic acids is 2. The van der Waals surface area contributed by atoms with E-state index in [1.165, 1.54) is 0 Å². The van der Waals surface area contributed by atoms with Gasteiger partial charge in [-0.25, -0.2) is 0 Å². The number of H-pyrrole nitrogens is 4. The molecule has 9 N–H and O–H groups in total. The molecule has 272 valence electrons. The predicted molar refractivity (Wildman–Crippen MR) is 202 cm³/mol. The number of nitrogens with two attached hydrogens (primary N) is 1. The van der Waals surface area contributed by atoms with Crippen LogP contribution in [0.2, 0.25) is 0 Å². The highest BCUT2D eigenvalue weighted by molar-refractivity contribution is 6.20. The number of nitrogens with one attached hydrogen (secondary N) is 5. The van der Waals surface area contributed by atoms with E-state index < -0.39 is 11.9 Å². The van der Waals surface area contributed by atoms with Gasteiger partial charge in [0.15, 0.2) is 5.78 Å². The van der Waals surface area contributed by atoms with Crippen LogP contribution in [0.4, 0.5) is 0 Å². The first-order chi connectivity index (χ1) is 24.8. The molecule has 0 radical (unpaired) electrons. The van der Waals surface area contributed by atoms with Gasteiger partial charge >= 0.3 is 11.9 Å². The zero-order chi connectivity index (χ0) is 37.9. The van der Waals surface area contributed by atoms with E-state index in [0.717, 1.165) is 60.9 Å². The van der Waals surface area contributed by atoms with Gasteiger partial charge in [0.2, 0.25) is 5.91 Å². The van der Waals surface area contributed by atoms with E-state index in [1.54, 1.807) is 12.2 Å². The first-order valence-corrected chi connectivity index (χ1v) is 17.3. The minimum atomic E-state index is -0.921. The normalized spacial score (nSPS) is 12.1. The van der Waals surface area contributed by atoms with Crippen molar-refractivity contribution in [3.63, 3.8) is 0 Å². The summed E-state index contributed by atoms with van der Waals surface area (Å²) in [6.45, 7) is 16.2. The lowest BCUT2D eigenvalue weighted by molar-refractivity contribution is -0.138. The molecule has 5 rings (SSSR count). The second-order valence-corrected chi connectivity index (χ2v) is 13.1. The van der Waals surface area contributed by atoms with Crippen molar-refractivity contribution in [2.75, 3.05) is 13.1 Å². The van der Waals surface area contributed by atoms with Crippen LogP contribution in [0, 0.1) is 27.7 Å². The van der Waals surface area contributed by atoms with Crippen LogP contribution >= 0.6 is 0 Å². The van der Waals surface area contributed by atoms with Crippen LogP contribution in [0.5, 0.6) is 0 Å². The number of Topliss-reactive ketones (excluding diaryl/α,β-unsaturated/α-hetero) is 1. The van der Waals surface area contributed by atoms with Crippen LogP contribution in [0.1, 0.15) is 93.0 Å². The number of amides is 1. The maximum Gasteiger partial charge on any atom is 0.303 e. The van der Waals surface area contributed by atoms with Crippen molar-refractivity contribution in [3.8, 4) is 0 Å². The Balaban J connectivity index is 1.91. The van der Waals surface area contributed by atoms with Crippen LogP contribution in [0.15, 0.2) is 13.2 Å². The molecule has 4 aromatic rings. The van der Waals surface area contributed by atoms with E-state index in [2.05, 4.69) is 38.4 Å². The van der Waals surface area contributed by atoms with Crippen molar-refractivity contribution in [3.05, 3.63) is 102 Å². The number of carboxylic acid groups (broad SMARTS) is 2. The number of carbonyl (C=O) groups is 4. The Labute approximate surface area is 300 Å². The number of hydrogen-bond acceptors (Lipinski definition) is 5. The second-order valence-electron chi connectivity index (χ2n) is 13.1. The molecule has 52 heavy (non-hydrogen) atoms. The van der Waals surface area contributed by atoms with Crippen molar-refractivity contribution in [1.29, 1.82) is 0 Å². The quantitative estimate of drug-likeness (QED) is 0.0977. The molecule has 12 heteroatoms. The van der Waals surface area contributed by atoms with E-state index in [-0.39, 0.29) is 63.3 Å². The lowest BCUT2D eigenvalue weighted by Gasteiger charge is -2.09. The molecule has 1 aliphatic heterocycles. The zero-order valence-electron chi connectivity index (χ0n) is 30.1. The molecular weight excluding hydrogens is 660 g/mol. The molecule has 4 aromatic heterocycles. The third-order valence-electron chi connectivity index (χ3n) is 9.84. The summed E-state index contributed by atoms with van der Waals surface area (Å²) in [5, 5.41) is 24.7. The Morgan fingerprint density at radius 3 is 1.94 bits per heavy atom. The molecule has 0 atom stereocenters. The van der Waals surface area contributed by atoms with Gasteiger partial charge in [-0.15, -0.1) is 0 Å². The van der Waals surface area contributed by atoms with E-state index in [1.807, 2.05) is 45.9 Å². The molecule has 8 bridgehead atoms. The summed E-state index contributed by atoms with van der Waals surface area (Å²) in [5.74, 6) is -2.29. The van der Waals surface area contributed by atoms with Gasteiger partial charge in [0.25, 0.3) is 0 Å². The predicted octanol–water partition coefficient (Wildman–Crippen LogP) is 1.98. The van der Waals surface area contributed by atoms with Crippen molar-refractivity contribution in [2.24, 2.45) is 5.73 Å². The molecule has 0 fully saturated rings. The Morgan fingerprint density at radius 2 is 1.31 bits per heavy atom. The van der Waals surface area contributed by atoms with Crippen molar-refractivity contribution in [1.82, 2.24) is 25.3 Å². The molecule has 0 aromatic carbocycles. The highest BCUT2D eigenvalue weighted by atomic mass is 16.4. The fourth-order valence-corrected chi connectivity index (χ4v) is 6.98. The maximum atomic E-state index is 14.3. The van der Waals surface area contributed by atoms with Crippen molar-refractivity contribution < 1.29 is 29.4 Å². The average Bonchev–Trinajstić information content (AvgIpc) is 3.76. The Kier molecular flexibility index (Phi) is 11.2. The van der Waals surface area contributed by atoms with E-state index in [4.69, 9.17) is 5.73 Å². The molecule has 0 aliphatic carbocycles. The monoisotopic (exact) mass is 706 g/mol. The largest absolute Gasteiger partial charge is 0.481 e. The number of aliphatic carboxylic acids is 2. The number of aromatic amines is 4. The minimum Gasteiger partial charge on any atom is -0.481 e. The Hall–Kier alpha value is -5.88. The zero-order valence-corrected chi connectivity index (χ0v) is 30.1. The summed E-state index contributed by atoms with van der Waals surface area (Å²) in [6, 6.07) is 0. The van der Waals surface area contributed by atoms with Gasteiger partial charge in [-0.1, -0.05) is 25.3 Å². The molecular formula is C40H46N6O6. The van der Waals surface area contributed by atoms with Gasteiger partial charge in [0.1, 0.15) is 0 Å². The lowest BCUT2D eigenvalue weighted by Crippen LogP contribution is -2.29.